The molecule has 1 aliphatic rings. The van der Waals surface area contributed by atoms with Crippen LogP contribution in [0.15, 0.2) is 54.9 Å². The zero-order valence-electron chi connectivity index (χ0n) is 21.3. The number of morpholine rings is 1. The highest BCUT2D eigenvalue weighted by Crippen LogP contribution is 2.33. The second-order valence-electron chi connectivity index (χ2n) is 8.69. The fraction of sp³-hybridized carbons (Fsp3) is 0.296. The lowest BCUT2D eigenvalue weighted by Gasteiger charge is -2.26. The zero-order valence-corrected chi connectivity index (χ0v) is 21.3. The lowest BCUT2D eigenvalue weighted by atomic mass is 10.1. The van der Waals surface area contributed by atoms with E-state index in [1.54, 1.807) is 42.1 Å². The number of imidazole rings is 1. The number of nitrogens with two attached hydrogens (primary N) is 1. The number of benzene rings is 2. The molecule has 11 nitrogen and oxygen atoms in total. The van der Waals surface area contributed by atoms with Crippen molar-refractivity contribution < 1.29 is 23.7 Å². The first-order valence-corrected chi connectivity index (χ1v) is 12.3. The van der Waals surface area contributed by atoms with Crippen LogP contribution in [-0.2, 0) is 4.74 Å². The van der Waals surface area contributed by atoms with Crippen LogP contribution in [0.4, 0.5) is 11.6 Å². The Bertz CT molecular complexity index is 1430. The molecule has 3 N–H and O–H groups in total. The highest BCUT2D eigenvalue weighted by Gasteiger charge is 2.16. The van der Waals surface area contributed by atoms with Gasteiger partial charge in [0.1, 0.15) is 18.0 Å². The summed E-state index contributed by atoms with van der Waals surface area (Å²) in [7, 11) is 3.14. The van der Waals surface area contributed by atoms with Gasteiger partial charge in [-0.1, -0.05) is 0 Å². The minimum absolute atomic E-state index is 0.282. The normalized spacial score (nSPS) is 13.8. The van der Waals surface area contributed by atoms with E-state index in [2.05, 4.69) is 15.2 Å². The number of aromatic nitrogens is 3. The van der Waals surface area contributed by atoms with Crippen LogP contribution >= 0.6 is 0 Å². The largest absolute Gasteiger partial charge is 0.497 e. The third-order valence-electron chi connectivity index (χ3n) is 6.36. The lowest BCUT2D eigenvalue weighted by molar-refractivity contribution is 0.0321. The van der Waals surface area contributed by atoms with E-state index in [0.717, 1.165) is 38.4 Å². The molecule has 4 aromatic rings. The molecule has 0 aliphatic carbocycles. The maximum absolute atomic E-state index is 12.1. The van der Waals surface area contributed by atoms with Gasteiger partial charge in [-0.25, -0.2) is 9.97 Å². The van der Waals surface area contributed by atoms with E-state index in [4.69, 9.17) is 29.7 Å². The van der Waals surface area contributed by atoms with Gasteiger partial charge in [0.25, 0.3) is 5.91 Å². The quantitative estimate of drug-likeness (QED) is 0.326. The Morgan fingerprint density at radius 2 is 1.92 bits per heavy atom. The number of ether oxygens (including phenoxy) is 4. The van der Waals surface area contributed by atoms with Crippen LogP contribution in [0.1, 0.15) is 10.4 Å². The van der Waals surface area contributed by atoms with Crippen LogP contribution in [0.2, 0.25) is 0 Å². The summed E-state index contributed by atoms with van der Waals surface area (Å²) in [5.41, 5.74) is 8.57. The summed E-state index contributed by atoms with van der Waals surface area (Å²) in [5, 5.41) is 3.23. The zero-order chi connectivity index (χ0) is 26.5. The van der Waals surface area contributed by atoms with Crippen molar-refractivity contribution in [2.45, 2.75) is 0 Å². The van der Waals surface area contributed by atoms with Gasteiger partial charge in [-0.2, -0.15) is 0 Å². The van der Waals surface area contributed by atoms with Gasteiger partial charge in [0, 0.05) is 43.7 Å². The Hall–Kier alpha value is -4.35. The maximum Gasteiger partial charge on any atom is 0.250 e. The van der Waals surface area contributed by atoms with Crippen molar-refractivity contribution in [3.05, 3.63) is 60.4 Å². The van der Waals surface area contributed by atoms with Crippen LogP contribution in [0, 0.1) is 0 Å². The van der Waals surface area contributed by atoms with Gasteiger partial charge in [-0.05, 0) is 36.4 Å². The second kappa shape index (κ2) is 11.4. The van der Waals surface area contributed by atoms with Crippen molar-refractivity contribution >= 4 is 23.2 Å². The number of amides is 1. The molecule has 1 fully saturated rings. The van der Waals surface area contributed by atoms with Gasteiger partial charge >= 0.3 is 0 Å². The third-order valence-corrected chi connectivity index (χ3v) is 6.36. The number of carbonyl (C=O) groups is 1. The standard InChI is InChI=1S/C27H30N6O5/c1-35-19-4-5-21(20(16-19)26(28)34)30-27-31-22(17-25-29-7-8-33(25)27)18-3-6-23(24(15-18)36-2)38-14-11-32-9-12-37-13-10-32/h3-8,15-17H,9-14H2,1-2H3,(H2,28,34)(H,30,31). The van der Waals surface area contributed by atoms with Crippen molar-refractivity contribution in [3.8, 4) is 28.5 Å². The van der Waals surface area contributed by atoms with Crippen LogP contribution in [0.3, 0.4) is 0 Å². The first-order valence-electron chi connectivity index (χ1n) is 12.3. The molecule has 198 valence electrons. The SMILES string of the molecule is COc1ccc(Nc2nc(-c3ccc(OCCN4CCOCC4)c(OC)c3)cc3nccn23)c(C(N)=O)c1. The molecule has 5 rings (SSSR count). The number of primary amides is 1. The minimum Gasteiger partial charge on any atom is -0.497 e. The molecule has 2 aromatic heterocycles. The van der Waals surface area contributed by atoms with E-state index in [-0.39, 0.29) is 5.56 Å². The molecular formula is C27H30N6O5. The summed E-state index contributed by atoms with van der Waals surface area (Å²) < 4.78 is 24.1. The molecule has 1 aliphatic heterocycles. The fourth-order valence-electron chi connectivity index (χ4n) is 4.30. The lowest BCUT2D eigenvalue weighted by Crippen LogP contribution is -2.38. The van der Waals surface area contributed by atoms with Gasteiger partial charge in [-0.3, -0.25) is 14.1 Å². The fourth-order valence-corrected chi connectivity index (χ4v) is 4.30. The summed E-state index contributed by atoms with van der Waals surface area (Å²) in [6, 6.07) is 12.6. The van der Waals surface area contributed by atoms with E-state index < -0.39 is 5.91 Å². The monoisotopic (exact) mass is 518 g/mol. The first-order chi connectivity index (χ1) is 18.6. The van der Waals surface area contributed by atoms with Crippen molar-refractivity contribution in [3.63, 3.8) is 0 Å². The molecule has 0 spiro atoms. The number of carbonyl (C=O) groups excluding carboxylic acids is 1. The Labute approximate surface area is 220 Å². The Balaban J connectivity index is 1.41. The molecule has 0 bridgehead atoms. The highest BCUT2D eigenvalue weighted by atomic mass is 16.5. The molecule has 1 saturated heterocycles. The Morgan fingerprint density at radius 1 is 1.08 bits per heavy atom. The summed E-state index contributed by atoms with van der Waals surface area (Å²) in [4.78, 5) is 23.7. The van der Waals surface area contributed by atoms with Crippen LogP contribution in [-0.4, -0.2) is 78.9 Å². The van der Waals surface area contributed by atoms with Gasteiger partial charge in [0.15, 0.2) is 11.5 Å². The van der Waals surface area contributed by atoms with E-state index >= 15 is 0 Å². The number of hydrogen-bond acceptors (Lipinski definition) is 9. The number of anilines is 2. The number of nitrogens with zero attached hydrogens (tertiary/aromatic N) is 4. The molecule has 0 atom stereocenters. The molecule has 1 amide bonds. The minimum atomic E-state index is -0.585. The summed E-state index contributed by atoms with van der Waals surface area (Å²) >= 11 is 0. The molecule has 38 heavy (non-hydrogen) atoms. The van der Waals surface area contributed by atoms with Gasteiger partial charge < -0.3 is 30.0 Å². The van der Waals surface area contributed by atoms with Crippen molar-refractivity contribution in [2.75, 3.05) is 59.0 Å². The van der Waals surface area contributed by atoms with Gasteiger partial charge in [-0.15, -0.1) is 0 Å². The molecule has 0 unspecified atom stereocenters. The Morgan fingerprint density at radius 3 is 2.68 bits per heavy atom. The van der Waals surface area contributed by atoms with Crippen molar-refractivity contribution in [2.24, 2.45) is 5.73 Å². The molecule has 11 heteroatoms. The average Bonchev–Trinajstić information content (AvgIpc) is 3.43. The number of methoxy groups -OCH3 is 2. The molecule has 0 radical (unpaired) electrons. The number of rotatable bonds is 10. The second-order valence-corrected chi connectivity index (χ2v) is 8.69. The summed E-state index contributed by atoms with van der Waals surface area (Å²) in [5.74, 6) is 1.67. The van der Waals surface area contributed by atoms with Gasteiger partial charge in [0.05, 0.1) is 44.4 Å². The molecule has 0 saturated carbocycles. The number of nitrogens with one attached hydrogen (secondary N) is 1. The molecule has 3 heterocycles. The van der Waals surface area contributed by atoms with Crippen LogP contribution in [0.5, 0.6) is 17.2 Å². The average molecular weight is 519 g/mol. The molecular weight excluding hydrogens is 488 g/mol. The number of hydrogen-bond donors (Lipinski definition) is 2. The summed E-state index contributed by atoms with van der Waals surface area (Å²) in [6.45, 7) is 4.70. The van der Waals surface area contributed by atoms with Crippen LogP contribution in [0.25, 0.3) is 16.9 Å². The van der Waals surface area contributed by atoms with Crippen molar-refractivity contribution in [1.82, 2.24) is 19.3 Å². The third kappa shape index (κ3) is 5.48. The highest BCUT2D eigenvalue weighted by molar-refractivity contribution is 5.99. The maximum atomic E-state index is 12.1. The number of fused-ring (bicyclic) bond motifs is 1. The van der Waals surface area contributed by atoms with Gasteiger partial charge in [0.2, 0.25) is 5.95 Å². The Kier molecular flexibility index (Phi) is 7.57. The predicted molar refractivity (Wildman–Crippen MR) is 143 cm³/mol. The molecule has 2 aromatic carbocycles. The topological polar surface area (TPSA) is 125 Å². The van der Waals surface area contributed by atoms with E-state index in [0.29, 0.717) is 46.8 Å². The summed E-state index contributed by atoms with van der Waals surface area (Å²) in [6.07, 6.45) is 3.47. The van der Waals surface area contributed by atoms with E-state index in [1.165, 1.54) is 7.11 Å². The van der Waals surface area contributed by atoms with E-state index in [9.17, 15) is 4.79 Å². The van der Waals surface area contributed by atoms with Crippen LogP contribution < -0.4 is 25.3 Å². The predicted octanol–water partition coefficient (Wildman–Crippen LogP) is 2.97. The van der Waals surface area contributed by atoms with E-state index in [1.807, 2.05) is 24.3 Å². The smallest absolute Gasteiger partial charge is 0.250 e. The van der Waals surface area contributed by atoms with Crippen molar-refractivity contribution in [1.29, 1.82) is 0 Å². The first kappa shape index (κ1) is 25.3.